The Morgan fingerprint density at radius 3 is 2.80 bits per heavy atom. The zero-order valence-corrected chi connectivity index (χ0v) is 12.2. The monoisotopic (exact) mass is 277 g/mol. The summed E-state index contributed by atoms with van der Waals surface area (Å²) in [6, 6.07) is 6.73. The van der Waals surface area contributed by atoms with E-state index in [0.717, 1.165) is 29.6 Å². The predicted octanol–water partition coefficient (Wildman–Crippen LogP) is 2.71. The first-order valence-electron chi connectivity index (χ1n) is 7.46. The van der Waals surface area contributed by atoms with Gasteiger partial charge in [-0.25, -0.2) is 0 Å². The van der Waals surface area contributed by atoms with Gasteiger partial charge in [0.25, 0.3) is 0 Å². The van der Waals surface area contributed by atoms with Gasteiger partial charge in [-0.1, -0.05) is 19.9 Å². The Hall–Kier alpha value is -1.26. The summed E-state index contributed by atoms with van der Waals surface area (Å²) < 4.78 is 16.8. The first kappa shape index (κ1) is 13.7. The topological polar surface area (TPSA) is 39.7 Å². The number of ether oxygens (including phenoxy) is 3. The van der Waals surface area contributed by atoms with Gasteiger partial charge in [0, 0.05) is 12.6 Å². The number of hydrogen-bond donors (Lipinski definition) is 1. The molecule has 1 aromatic carbocycles. The first-order chi connectivity index (χ1) is 9.72. The van der Waals surface area contributed by atoms with Crippen LogP contribution in [-0.4, -0.2) is 25.5 Å². The Labute approximate surface area is 120 Å². The van der Waals surface area contributed by atoms with Crippen LogP contribution in [0, 0.1) is 5.92 Å². The Morgan fingerprint density at radius 1 is 1.25 bits per heavy atom. The van der Waals surface area contributed by atoms with E-state index in [1.165, 1.54) is 12.8 Å². The van der Waals surface area contributed by atoms with E-state index < -0.39 is 0 Å². The second kappa shape index (κ2) is 6.02. The lowest BCUT2D eigenvalue weighted by molar-refractivity contribution is 0.0111. The normalized spacial score (nSPS) is 18.6. The largest absolute Gasteiger partial charge is 0.454 e. The van der Waals surface area contributed by atoms with E-state index >= 15 is 0 Å². The third-order valence-electron chi connectivity index (χ3n) is 3.83. The summed E-state index contributed by atoms with van der Waals surface area (Å²) in [5.41, 5.74) is 1.13. The molecule has 20 heavy (non-hydrogen) atoms. The smallest absolute Gasteiger partial charge is 0.231 e. The van der Waals surface area contributed by atoms with Gasteiger partial charge >= 0.3 is 0 Å². The zero-order valence-electron chi connectivity index (χ0n) is 12.2. The molecule has 0 spiro atoms. The standard InChI is InChI=1S/C16H23NO3/c1-11(2)16(8-17-13-4-5-13)18-9-12-3-6-14-15(7-12)20-10-19-14/h3,6-7,11,13,16-17H,4-5,8-10H2,1-2H3. The van der Waals surface area contributed by atoms with Crippen LogP contribution in [0.5, 0.6) is 11.5 Å². The highest BCUT2D eigenvalue weighted by molar-refractivity contribution is 5.44. The van der Waals surface area contributed by atoms with Gasteiger partial charge in [-0.3, -0.25) is 0 Å². The number of rotatable bonds is 7. The summed E-state index contributed by atoms with van der Waals surface area (Å²) in [4.78, 5) is 0. The molecule has 0 amide bonds. The minimum atomic E-state index is 0.251. The molecule has 4 heteroatoms. The van der Waals surface area contributed by atoms with Crippen LogP contribution in [0.15, 0.2) is 18.2 Å². The molecule has 1 aliphatic heterocycles. The van der Waals surface area contributed by atoms with Crippen molar-refractivity contribution in [1.82, 2.24) is 5.32 Å². The number of benzene rings is 1. The number of nitrogens with one attached hydrogen (secondary N) is 1. The van der Waals surface area contributed by atoms with Crippen molar-refractivity contribution in [3.63, 3.8) is 0 Å². The molecular weight excluding hydrogens is 254 g/mol. The Bertz CT molecular complexity index is 457. The maximum Gasteiger partial charge on any atom is 0.231 e. The molecule has 2 aliphatic rings. The molecule has 1 aliphatic carbocycles. The highest BCUT2D eigenvalue weighted by Gasteiger charge is 2.23. The second-order valence-electron chi connectivity index (χ2n) is 5.96. The van der Waals surface area contributed by atoms with Gasteiger partial charge in [0.05, 0.1) is 12.7 Å². The summed E-state index contributed by atoms with van der Waals surface area (Å²) in [5, 5.41) is 3.55. The maximum atomic E-state index is 6.07. The van der Waals surface area contributed by atoms with Crippen molar-refractivity contribution in [2.75, 3.05) is 13.3 Å². The molecule has 1 aromatic rings. The molecule has 110 valence electrons. The summed E-state index contributed by atoms with van der Waals surface area (Å²) in [6.07, 6.45) is 2.88. The number of hydrogen-bond acceptors (Lipinski definition) is 4. The quantitative estimate of drug-likeness (QED) is 0.832. The van der Waals surface area contributed by atoms with Crippen molar-refractivity contribution in [2.24, 2.45) is 5.92 Å². The molecule has 1 unspecified atom stereocenters. The molecule has 4 nitrogen and oxygen atoms in total. The molecule has 1 heterocycles. The van der Waals surface area contributed by atoms with Gasteiger partial charge < -0.3 is 19.5 Å². The maximum absolute atomic E-state index is 6.07. The summed E-state index contributed by atoms with van der Waals surface area (Å²) in [6.45, 7) is 6.29. The lowest BCUT2D eigenvalue weighted by atomic mass is 10.1. The van der Waals surface area contributed by atoms with Crippen molar-refractivity contribution in [3.8, 4) is 11.5 Å². The Kier molecular flexibility index (Phi) is 4.13. The molecular formula is C16H23NO3. The third kappa shape index (κ3) is 3.44. The van der Waals surface area contributed by atoms with E-state index in [0.29, 0.717) is 19.3 Å². The SMILES string of the molecule is CC(C)C(CNC1CC1)OCc1ccc2c(c1)OCO2. The fourth-order valence-electron chi connectivity index (χ4n) is 2.29. The molecule has 1 N–H and O–H groups in total. The highest BCUT2D eigenvalue weighted by atomic mass is 16.7. The lowest BCUT2D eigenvalue weighted by Crippen LogP contribution is -2.34. The minimum absolute atomic E-state index is 0.251. The fourth-order valence-corrected chi connectivity index (χ4v) is 2.29. The minimum Gasteiger partial charge on any atom is -0.454 e. The van der Waals surface area contributed by atoms with Crippen molar-refractivity contribution in [1.29, 1.82) is 0 Å². The van der Waals surface area contributed by atoms with Crippen LogP contribution >= 0.6 is 0 Å². The van der Waals surface area contributed by atoms with Crippen LogP contribution in [0.1, 0.15) is 32.3 Å². The molecule has 0 radical (unpaired) electrons. The van der Waals surface area contributed by atoms with Gasteiger partial charge in [0.2, 0.25) is 6.79 Å². The van der Waals surface area contributed by atoms with E-state index in [9.17, 15) is 0 Å². The molecule has 1 atom stereocenters. The average molecular weight is 277 g/mol. The van der Waals surface area contributed by atoms with Gasteiger partial charge in [0.15, 0.2) is 11.5 Å². The van der Waals surface area contributed by atoms with Gasteiger partial charge in [-0.05, 0) is 36.5 Å². The summed E-state index contributed by atoms with van der Waals surface area (Å²) in [7, 11) is 0. The van der Waals surface area contributed by atoms with Gasteiger partial charge in [-0.2, -0.15) is 0 Å². The van der Waals surface area contributed by atoms with Crippen LogP contribution in [0.2, 0.25) is 0 Å². The van der Waals surface area contributed by atoms with Crippen LogP contribution in [-0.2, 0) is 11.3 Å². The summed E-state index contributed by atoms with van der Waals surface area (Å²) >= 11 is 0. The van der Waals surface area contributed by atoms with E-state index in [4.69, 9.17) is 14.2 Å². The Balaban J connectivity index is 1.53. The van der Waals surface area contributed by atoms with Gasteiger partial charge in [-0.15, -0.1) is 0 Å². The van der Waals surface area contributed by atoms with Crippen molar-refractivity contribution < 1.29 is 14.2 Å². The first-order valence-corrected chi connectivity index (χ1v) is 7.46. The molecule has 0 saturated heterocycles. The van der Waals surface area contributed by atoms with Crippen LogP contribution in [0.25, 0.3) is 0 Å². The van der Waals surface area contributed by atoms with E-state index in [2.05, 4.69) is 19.2 Å². The fraction of sp³-hybridized carbons (Fsp3) is 0.625. The molecule has 3 rings (SSSR count). The second-order valence-corrected chi connectivity index (χ2v) is 5.96. The average Bonchev–Trinajstić information content (AvgIpc) is 3.14. The van der Waals surface area contributed by atoms with Crippen LogP contribution in [0.4, 0.5) is 0 Å². The van der Waals surface area contributed by atoms with Crippen molar-refractivity contribution >= 4 is 0 Å². The lowest BCUT2D eigenvalue weighted by Gasteiger charge is -2.22. The predicted molar refractivity (Wildman–Crippen MR) is 77.0 cm³/mol. The molecule has 1 saturated carbocycles. The Morgan fingerprint density at radius 2 is 2.05 bits per heavy atom. The molecule has 1 fully saturated rings. The van der Waals surface area contributed by atoms with Gasteiger partial charge in [0.1, 0.15) is 0 Å². The van der Waals surface area contributed by atoms with E-state index in [1.807, 2.05) is 18.2 Å². The van der Waals surface area contributed by atoms with E-state index in [1.54, 1.807) is 0 Å². The van der Waals surface area contributed by atoms with E-state index in [-0.39, 0.29) is 6.10 Å². The van der Waals surface area contributed by atoms with Crippen LogP contribution < -0.4 is 14.8 Å². The number of fused-ring (bicyclic) bond motifs is 1. The van der Waals surface area contributed by atoms with Crippen molar-refractivity contribution in [3.05, 3.63) is 23.8 Å². The molecule has 0 aromatic heterocycles. The third-order valence-corrected chi connectivity index (χ3v) is 3.83. The zero-order chi connectivity index (χ0) is 13.9. The highest BCUT2D eigenvalue weighted by Crippen LogP contribution is 2.32. The van der Waals surface area contributed by atoms with Crippen molar-refractivity contribution in [2.45, 2.75) is 45.4 Å². The summed E-state index contributed by atoms with van der Waals surface area (Å²) in [5.74, 6) is 2.16. The molecule has 0 bridgehead atoms. The van der Waals surface area contributed by atoms with Crippen LogP contribution in [0.3, 0.4) is 0 Å².